The lowest BCUT2D eigenvalue weighted by Gasteiger charge is -2.35. The summed E-state index contributed by atoms with van der Waals surface area (Å²) in [5, 5.41) is 32.6. The number of likely N-dealkylation sites (tertiary alicyclic amines) is 3. The Balaban J connectivity index is 0.000000167. The Labute approximate surface area is 664 Å². The summed E-state index contributed by atoms with van der Waals surface area (Å²) in [5.41, 5.74) is 10.8. The van der Waals surface area contributed by atoms with Crippen molar-refractivity contribution in [1.82, 2.24) is 61.7 Å². The molecule has 598 valence electrons. The van der Waals surface area contributed by atoms with Crippen LogP contribution in [0.5, 0.6) is 0 Å². The maximum absolute atomic E-state index is 14.0. The molecule has 9 atom stereocenters. The molecule has 6 heterocycles. The van der Waals surface area contributed by atoms with Crippen molar-refractivity contribution < 1.29 is 47.7 Å². The number of benzene rings is 4. The smallest absolute Gasteiger partial charge is 0.248 e. The molecule has 11 N–H and O–H groups in total. The minimum Gasteiger partial charge on any atom is -0.375 e. The summed E-state index contributed by atoms with van der Waals surface area (Å²) in [7, 11) is 5.17. The topological polar surface area (TPSA) is 349 Å². The number of amides is 9. The van der Waals surface area contributed by atoms with Crippen LogP contribution in [-0.2, 0) is 43.2 Å². The third-order valence-electron chi connectivity index (χ3n) is 22.8. The van der Waals surface area contributed by atoms with Crippen molar-refractivity contribution in [1.29, 1.82) is 0 Å². The lowest BCUT2D eigenvalue weighted by Crippen LogP contribution is -2.57. The Morgan fingerprint density at radius 1 is 0.429 bits per heavy atom. The second-order valence-corrected chi connectivity index (χ2v) is 32.2. The molecule has 0 unspecified atom stereocenters. The van der Waals surface area contributed by atoms with E-state index in [0.29, 0.717) is 72.0 Å². The molecule has 9 amide bonds. The molecule has 0 spiro atoms. The Morgan fingerprint density at radius 2 is 0.795 bits per heavy atom. The standard InChI is InChI=1S/C32H39N5O3S.C26H36N6O3S.C26H35N5O4/c1-21(33-2)28(38)34-27(23-15-8-4-9-16-23)32(40)37-20-12-19-25(37)29(39)36-31-26(22-13-6-3-7-14-22)35-30(41-31)24-17-10-5-11-18-24;1-16(28-2)23(33)29-20(17-10-5-3-6-11-17)25(35)32-15-9-14-19(32)24(34)30-22-21(36-26(27)31-22)18-12-7-4-8-13-18;1-17(27-2)24(32)30-22(18-10-5-3-6-11-18)26(34)31-15-9-14-21(31)25(33)29-20-16-28-35-23(20)19-12-7-4-8-13-19/h3,5-7,10-11,13-14,17-18,21,23,25,27,33H,4,8-9,12,15-16,19-20H2,1-2H3,(H,34,38)(H,36,39);4,7-8,12-13,16-17,19-20,28H,3,5-6,9-11,14-15H2,1-2H3,(H2,27,31)(H,29,33)(H,30,34);4,7-8,12-13,16-18,21-22,27H,3,5-6,9-11,14-15H2,1-2H3,(H,29,33)(H,30,32)/t21-,25-,27-;16-,19-,20-;17-,21-,22-/m000/s1. The van der Waals surface area contributed by atoms with Gasteiger partial charge in [0, 0.05) is 36.3 Å². The number of nitrogens with two attached hydrogens (primary N) is 1. The summed E-state index contributed by atoms with van der Waals surface area (Å²) < 4.78 is 5.38. The van der Waals surface area contributed by atoms with Crippen molar-refractivity contribution in [3.8, 4) is 43.6 Å². The monoisotopic (exact) mass is 1570 g/mol. The Kier molecular flexibility index (Phi) is 30.2. The SMILES string of the molecule is CN[C@@H](C)C(=O)N[C@H](C(=O)N1CCC[C@H]1C(=O)Nc1cnoc1-c1ccccc1)C1CCCCC1.CN[C@@H](C)C(=O)N[C@H](C(=O)N1CCC[C@H]1C(=O)Nc1nc(N)sc1-c1ccccc1)C1CCCCC1.CN[C@@H](C)C(=O)N[C@H](C(=O)N1CCC[C@H]1C(=O)Nc1sc(-c2ccccc2)nc1-c1ccccc1)C1CCCCC1. The first-order valence-electron chi connectivity index (χ1n) is 40.0. The number of carbonyl (C=O) groups is 9. The summed E-state index contributed by atoms with van der Waals surface area (Å²) in [6.45, 7) is 6.81. The van der Waals surface area contributed by atoms with E-state index in [-0.39, 0.29) is 70.9 Å². The van der Waals surface area contributed by atoms with Gasteiger partial charge in [0.1, 0.15) is 57.6 Å². The number of aromatic nitrogens is 3. The van der Waals surface area contributed by atoms with Gasteiger partial charge in [0.25, 0.3) is 0 Å². The van der Waals surface area contributed by atoms with Gasteiger partial charge in [-0.25, -0.2) is 9.97 Å². The van der Waals surface area contributed by atoms with Crippen LogP contribution in [0.4, 0.5) is 21.6 Å². The zero-order chi connectivity index (χ0) is 79.2. The fourth-order valence-electron chi connectivity index (χ4n) is 16.1. The highest BCUT2D eigenvalue weighted by atomic mass is 32.1. The van der Waals surface area contributed by atoms with Gasteiger partial charge in [-0.2, -0.15) is 0 Å². The first kappa shape index (κ1) is 83.2. The fourth-order valence-corrected chi connectivity index (χ4v) is 17.9. The molecule has 28 heteroatoms. The molecule has 26 nitrogen and oxygen atoms in total. The van der Waals surface area contributed by atoms with E-state index in [4.69, 9.17) is 15.2 Å². The third-order valence-corrected chi connectivity index (χ3v) is 24.7. The molecule has 3 aromatic heterocycles. The molecule has 6 fully saturated rings. The van der Waals surface area contributed by atoms with Crippen molar-refractivity contribution in [3.05, 3.63) is 128 Å². The molecule has 112 heavy (non-hydrogen) atoms. The molecule has 3 saturated heterocycles. The van der Waals surface area contributed by atoms with Gasteiger partial charge in [-0.1, -0.05) is 207 Å². The van der Waals surface area contributed by atoms with Crippen LogP contribution < -0.4 is 53.6 Å². The third kappa shape index (κ3) is 21.1. The summed E-state index contributed by atoms with van der Waals surface area (Å²) in [5.74, 6) is -0.723. The van der Waals surface area contributed by atoms with E-state index in [1.54, 1.807) is 56.6 Å². The van der Waals surface area contributed by atoms with E-state index in [0.717, 1.165) is 148 Å². The van der Waals surface area contributed by atoms with Gasteiger partial charge < -0.3 is 72.8 Å². The molecule has 0 radical (unpaired) electrons. The number of thiazole rings is 2. The lowest BCUT2D eigenvalue weighted by atomic mass is 9.83. The maximum Gasteiger partial charge on any atom is 0.248 e. The summed E-state index contributed by atoms with van der Waals surface area (Å²) in [6.07, 6.45) is 20.5. The van der Waals surface area contributed by atoms with E-state index in [2.05, 4.69) is 58.0 Å². The average molecular weight is 1570 g/mol. The molecular formula is C84H110N16O10S2. The Bertz CT molecular complexity index is 4280. The Hall–Kier alpha value is -9.74. The van der Waals surface area contributed by atoms with Gasteiger partial charge in [-0.3, -0.25) is 43.2 Å². The lowest BCUT2D eigenvalue weighted by molar-refractivity contribution is -0.142. The Morgan fingerprint density at radius 3 is 1.20 bits per heavy atom. The van der Waals surface area contributed by atoms with Crippen molar-refractivity contribution in [3.63, 3.8) is 0 Å². The first-order valence-corrected chi connectivity index (χ1v) is 41.7. The summed E-state index contributed by atoms with van der Waals surface area (Å²) >= 11 is 2.75. The highest BCUT2D eigenvalue weighted by Gasteiger charge is 2.45. The van der Waals surface area contributed by atoms with Gasteiger partial charge in [0.05, 0.1) is 29.2 Å². The number of likely N-dealkylation sites (N-methyl/N-ethyl adjacent to an activating group) is 3. The van der Waals surface area contributed by atoms with Crippen LogP contribution >= 0.6 is 22.7 Å². The second kappa shape index (κ2) is 40.6. The molecular weight excluding hydrogens is 1460 g/mol. The minimum absolute atomic E-state index is 0.0755. The number of nitrogens with zero attached hydrogens (tertiary/aromatic N) is 6. The van der Waals surface area contributed by atoms with E-state index >= 15 is 0 Å². The van der Waals surface area contributed by atoms with E-state index < -0.39 is 54.4 Å². The van der Waals surface area contributed by atoms with Crippen molar-refractivity contribution >= 4 is 97.5 Å². The van der Waals surface area contributed by atoms with Crippen LogP contribution in [0.3, 0.4) is 0 Å². The molecule has 13 rings (SSSR count). The van der Waals surface area contributed by atoms with Gasteiger partial charge >= 0.3 is 0 Å². The van der Waals surface area contributed by atoms with Gasteiger partial charge in [-0.15, -0.1) is 0 Å². The van der Waals surface area contributed by atoms with Gasteiger partial charge in [0.2, 0.25) is 53.2 Å². The van der Waals surface area contributed by atoms with Gasteiger partial charge in [0.15, 0.2) is 16.7 Å². The number of nitrogens with one attached hydrogen (secondary N) is 9. The van der Waals surface area contributed by atoms with Gasteiger partial charge in [-0.05, 0) is 142 Å². The van der Waals surface area contributed by atoms with E-state index in [1.165, 1.54) is 28.9 Å². The predicted molar refractivity (Wildman–Crippen MR) is 438 cm³/mol. The molecule has 6 aliphatic rings. The van der Waals surface area contributed by atoms with Crippen LogP contribution in [0.2, 0.25) is 0 Å². The molecule has 0 bridgehead atoms. The van der Waals surface area contributed by atoms with E-state index in [9.17, 15) is 43.2 Å². The summed E-state index contributed by atoms with van der Waals surface area (Å²) in [4.78, 5) is 136. The van der Waals surface area contributed by atoms with Crippen LogP contribution in [0.1, 0.15) is 156 Å². The fraction of sp³-hybridized carbons (Fsp3) is 0.500. The quantitative estimate of drug-likeness (QED) is 0.0254. The number of carbonyl (C=O) groups excluding carboxylic acids is 9. The highest BCUT2D eigenvalue weighted by molar-refractivity contribution is 7.20. The number of rotatable bonds is 25. The first-order chi connectivity index (χ1) is 54.3. The zero-order valence-corrected chi connectivity index (χ0v) is 66.8. The second-order valence-electron chi connectivity index (χ2n) is 30.2. The highest BCUT2D eigenvalue weighted by Crippen LogP contribution is 2.41. The number of hydrogen-bond acceptors (Lipinski definition) is 19. The molecule has 3 saturated carbocycles. The average Bonchev–Trinajstić information content (AvgIpc) is 1.63. The molecule has 7 aromatic rings. The predicted octanol–water partition coefficient (Wildman–Crippen LogP) is 11.0. The normalized spacial score (nSPS) is 19.7. The van der Waals surface area contributed by atoms with Crippen molar-refractivity contribution in [2.45, 2.75) is 210 Å². The largest absolute Gasteiger partial charge is 0.375 e. The number of anilines is 4. The van der Waals surface area contributed by atoms with Crippen LogP contribution in [0.15, 0.2) is 132 Å². The maximum atomic E-state index is 14.0. The number of nitrogen functional groups attached to an aromatic ring is 1. The van der Waals surface area contributed by atoms with Crippen LogP contribution in [0, 0.1) is 17.8 Å². The summed E-state index contributed by atoms with van der Waals surface area (Å²) in [6, 6.07) is 33.9. The van der Waals surface area contributed by atoms with Crippen LogP contribution in [-0.4, -0.2) is 178 Å². The van der Waals surface area contributed by atoms with Crippen LogP contribution in [0.25, 0.3) is 43.6 Å². The van der Waals surface area contributed by atoms with E-state index in [1.807, 2.05) is 121 Å². The minimum atomic E-state index is -0.628. The molecule has 4 aromatic carbocycles. The van der Waals surface area contributed by atoms with Crippen molar-refractivity contribution in [2.24, 2.45) is 17.8 Å². The molecule has 3 aliphatic heterocycles. The number of hydrogen-bond donors (Lipinski definition) is 10. The molecule has 3 aliphatic carbocycles. The van der Waals surface area contributed by atoms with Crippen molar-refractivity contribution in [2.75, 3.05) is 62.5 Å². The zero-order valence-electron chi connectivity index (χ0n) is 65.2.